The van der Waals surface area contributed by atoms with Gasteiger partial charge >= 0.3 is 0 Å². The van der Waals surface area contributed by atoms with Crippen LogP contribution in [0.15, 0.2) is 296 Å². The fourth-order valence-electron chi connectivity index (χ4n) is 16.3. The van der Waals surface area contributed by atoms with E-state index in [-0.39, 0.29) is 5.41 Å². The van der Waals surface area contributed by atoms with Crippen LogP contribution in [0.25, 0.3) is 127 Å². The number of nitrogens with zero attached hydrogens (tertiary/aromatic N) is 2. The van der Waals surface area contributed by atoms with Gasteiger partial charge in [0.15, 0.2) is 0 Å². The topological polar surface area (TPSA) is 21.3 Å². The van der Waals surface area contributed by atoms with Gasteiger partial charge < -0.3 is 13.9 Å². The minimum Gasteiger partial charge on any atom is -0.455 e. The number of aromatic nitrogens is 1. The molecule has 3 heteroatoms. The van der Waals surface area contributed by atoms with Crippen molar-refractivity contribution in [1.29, 1.82) is 0 Å². The Hall–Kier alpha value is -11.0. The van der Waals surface area contributed by atoms with Crippen LogP contribution in [0.2, 0.25) is 0 Å². The van der Waals surface area contributed by atoms with Crippen LogP contribution in [0.5, 0.6) is 0 Å². The highest BCUT2D eigenvalue weighted by molar-refractivity contribution is 6.26. The summed E-state index contributed by atoms with van der Waals surface area (Å²) in [6, 6.07) is 109. The predicted octanol–water partition coefficient (Wildman–Crippen LogP) is 22.4. The number of hydrogen-bond donors (Lipinski definition) is 0. The first-order valence-corrected chi connectivity index (χ1v) is 30.4. The number of para-hydroxylation sites is 1. The first-order chi connectivity index (χ1) is 42.9. The molecule has 0 aliphatic heterocycles. The molecule has 0 unspecified atom stereocenters. The number of benzene rings is 14. The van der Waals surface area contributed by atoms with Gasteiger partial charge in [-0.2, -0.15) is 0 Å². The smallest absolute Gasteiger partial charge is 0.145 e. The van der Waals surface area contributed by atoms with E-state index in [0.29, 0.717) is 0 Å². The van der Waals surface area contributed by atoms with E-state index in [2.05, 4.69) is 315 Å². The number of furan rings is 1. The summed E-state index contributed by atoms with van der Waals surface area (Å²) in [5, 5.41) is 9.05. The molecule has 2 aromatic heterocycles. The molecule has 0 saturated heterocycles. The van der Waals surface area contributed by atoms with E-state index in [4.69, 9.17) is 4.42 Å². The summed E-state index contributed by atoms with van der Waals surface area (Å²) in [5.74, 6) is 0. The van der Waals surface area contributed by atoms with Crippen molar-refractivity contribution in [2.24, 2.45) is 0 Å². The predicted molar refractivity (Wildman–Crippen MR) is 362 cm³/mol. The molecule has 0 bridgehead atoms. The van der Waals surface area contributed by atoms with Crippen LogP contribution >= 0.6 is 0 Å². The molecule has 0 atom stereocenters. The Labute approximate surface area is 503 Å². The average Bonchev–Trinajstić information content (AvgIpc) is 1.61. The molecule has 406 valence electrons. The number of rotatable bonds is 6. The quantitative estimate of drug-likeness (QED) is 0.165. The van der Waals surface area contributed by atoms with Crippen molar-refractivity contribution in [3.63, 3.8) is 0 Å². The van der Waals surface area contributed by atoms with Crippen LogP contribution in [-0.4, -0.2) is 4.57 Å². The molecule has 0 radical (unpaired) electrons. The first-order valence-electron chi connectivity index (χ1n) is 30.4. The second-order valence-electron chi connectivity index (χ2n) is 24.6. The first kappa shape index (κ1) is 48.4. The van der Waals surface area contributed by atoms with E-state index >= 15 is 0 Å². The highest BCUT2D eigenvalue weighted by Crippen LogP contribution is 2.65. The Morgan fingerprint density at radius 1 is 0.322 bits per heavy atom. The van der Waals surface area contributed by atoms with Gasteiger partial charge in [-0.05, 0) is 154 Å². The summed E-state index contributed by atoms with van der Waals surface area (Å²) in [7, 11) is 0. The lowest BCUT2D eigenvalue weighted by Gasteiger charge is -2.32. The molecule has 14 aromatic carbocycles. The molecule has 1 spiro atoms. The normalized spacial score (nSPS) is 13.8. The number of hydrogen-bond acceptors (Lipinski definition) is 2. The Morgan fingerprint density at radius 2 is 0.828 bits per heavy atom. The van der Waals surface area contributed by atoms with Gasteiger partial charge in [0.2, 0.25) is 0 Å². The Bertz CT molecular complexity index is 5560. The maximum absolute atomic E-state index is 7.82. The summed E-state index contributed by atoms with van der Waals surface area (Å²) >= 11 is 0. The molecule has 0 N–H and O–H groups in total. The molecule has 87 heavy (non-hydrogen) atoms. The summed E-state index contributed by atoms with van der Waals surface area (Å²) in [6.07, 6.45) is 0. The molecule has 0 saturated carbocycles. The van der Waals surface area contributed by atoms with Crippen LogP contribution in [-0.2, 0) is 10.8 Å². The van der Waals surface area contributed by atoms with Crippen molar-refractivity contribution in [3.05, 3.63) is 325 Å². The highest BCUT2D eigenvalue weighted by Gasteiger charge is 2.53. The SMILES string of the molecule is CC1(C)c2ccccc2-c2ccc(N(c3ccc(-c4ccccc4)cc3)c3ccc4c5ccccc5n(-c5cc6ccccc6c6oc7c(-c8cccc9c8C8(c%10ccccc%10-c%10ccccc%108)c8ccccc8-9)c8ccccc8cc7c56)c4c3)cc21. The van der Waals surface area contributed by atoms with Crippen molar-refractivity contribution in [3.8, 4) is 61.3 Å². The van der Waals surface area contributed by atoms with Gasteiger partial charge in [-0.1, -0.05) is 250 Å². The molecule has 0 amide bonds. The standard InChI is InChI=1S/C84H54N2O/c1-83(2)70-34-15-10-27-60(70)64-45-43-56(49-74(64)83)85(55-41-39-52(40-42-55)51-21-4-3-5-22-51)57-44-46-66-65-31-14-19-38-75(65)86(76(66)50-57)77-48-54-24-7-9-26-59(54)81-79(77)69-47-53-23-6-8-25-58(53)78(82(69)87-81)68-33-20-32-67-63-30-13-18-37-73(63)84(80(67)68)71-35-16-11-28-61(71)62-29-12-17-36-72(62)84/h3-50H,1-2H3. The molecule has 3 aliphatic carbocycles. The fraction of sp³-hybridized carbons (Fsp3) is 0.0476. The summed E-state index contributed by atoms with van der Waals surface area (Å²) in [5.41, 5.74) is 27.9. The second kappa shape index (κ2) is 17.8. The van der Waals surface area contributed by atoms with Gasteiger partial charge in [-0.3, -0.25) is 0 Å². The third kappa shape index (κ3) is 6.50. The largest absolute Gasteiger partial charge is 0.455 e. The fourth-order valence-corrected chi connectivity index (χ4v) is 16.3. The van der Waals surface area contributed by atoms with Gasteiger partial charge in [0, 0.05) is 49.6 Å². The van der Waals surface area contributed by atoms with E-state index < -0.39 is 5.41 Å². The van der Waals surface area contributed by atoms with Crippen molar-refractivity contribution in [2.75, 3.05) is 4.90 Å². The van der Waals surface area contributed by atoms with E-state index in [1.165, 1.54) is 94.2 Å². The molecule has 3 aliphatic rings. The lowest BCUT2D eigenvalue weighted by molar-refractivity contribution is 0.660. The van der Waals surface area contributed by atoms with Gasteiger partial charge in [0.1, 0.15) is 11.2 Å². The number of anilines is 3. The Morgan fingerprint density at radius 3 is 1.55 bits per heavy atom. The van der Waals surface area contributed by atoms with Crippen LogP contribution in [0.1, 0.15) is 47.2 Å². The maximum atomic E-state index is 7.82. The monoisotopic (exact) mass is 1110 g/mol. The molecular weight excluding hydrogens is 1050 g/mol. The minimum atomic E-state index is -0.567. The third-order valence-electron chi connectivity index (χ3n) is 20.0. The molecule has 16 aromatic rings. The third-order valence-corrected chi connectivity index (χ3v) is 20.0. The van der Waals surface area contributed by atoms with Crippen LogP contribution in [0, 0.1) is 0 Å². The molecule has 0 fully saturated rings. The summed E-state index contributed by atoms with van der Waals surface area (Å²) < 4.78 is 10.4. The van der Waals surface area contributed by atoms with Gasteiger partial charge in [0.25, 0.3) is 0 Å². The van der Waals surface area contributed by atoms with Gasteiger partial charge in [-0.15, -0.1) is 0 Å². The molecule has 2 heterocycles. The van der Waals surface area contributed by atoms with Crippen molar-refractivity contribution >= 4 is 82.4 Å². The lowest BCUT2D eigenvalue weighted by atomic mass is 9.68. The van der Waals surface area contributed by atoms with Crippen LogP contribution in [0.3, 0.4) is 0 Å². The minimum absolute atomic E-state index is 0.179. The summed E-state index contributed by atoms with van der Waals surface area (Å²) in [4.78, 5) is 2.46. The van der Waals surface area contributed by atoms with Crippen LogP contribution in [0.4, 0.5) is 17.1 Å². The molecule has 19 rings (SSSR count). The second-order valence-corrected chi connectivity index (χ2v) is 24.6. The van der Waals surface area contributed by atoms with Crippen LogP contribution < -0.4 is 4.90 Å². The van der Waals surface area contributed by atoms with Crippen molar-refractivity contribution in [1.82, 2.24) is 4.57 Å². The summed E-state index contributed by atoms with van der Waals surface area (Å²) in [6.45, 7) is 4.74. The Balaban J connectivity index is 0.888. The maximum Gasteiger partial charge on any atom is 0.145 e. The van der Waals surface area contributed by atoms with E-state index in [1.807, 2.05) is 0 Å². The zero-order chi connectivity index (χ0) is 57.3. The Kier molecular flexibility index (Phi) is 9.89. The lowest BCUT2D eigenvalue weighted by Crippen LogP contribution is -2.26. The van der Waals surface area contributed by atoms with Crippen molar-refractivity contribution in [2.45, 2.75) is 24.7 Å². The van der Waals surface area contributed by atoms with Crippen molar-refractivity contribution < 1.29 is 4.42 Å². The van der Waals surface area contributed by atoms with Gasteiger partial charge in [0.05, 0.1) is 27.5 Å². The van der Waals surface area contributed by atoms with E-state index in [0.717, 1.165) is 82.8 Å². The zero-order valence-electron chi connectivity index (χ0n) is 48.0. The molecular formula is C84H54N2O. The zero-order valence-corrected chi connectivity index (χ0v) is 48.0. The molecule has 3 nitrogen and oxygen atoms in total. The van der Waals surface area contributed by atoms with E-state index in [1.54, 1.807) is 0 Å². The average molecular weight is 1110 g/mol. The van der Waals surface area contributed by atoms with Gasteiger partial charge in [-0.25, -0.2) is 0 Å². The number of fused-ring (bicyclic) bond motifs is 22. The van der Waals surface area contributed by atoms with E-state index in [9.17, 15) is 0 Å². The highest BCUT2D eigenvalue weighted by atomic mass is 16.3.